The van der Waals surface area contributed by atoms with Gasteiger partial charge < -0.3 is 4.90 Å². The molecule has 0 amide bonds. The maximum Gasteiger partial charge on any atom is 0.152 e. The summed E-state index contributed by atoms with van der Waals surface area (Å²) in [5.74, 6) is -0.426. The molecule has 0 atom stereocenters. The Balaban J connectivity index is 2.27. The van der Waals surface area contributed by atoms with Crippen molar-refractivity contribution in [2.45, 2.75) is 12.8 Å². The van der Waals surface area contributed by atoms with Crippen LogP contribution in [-0.2, 0) is 0 Å². The minimum Gasteiger partial charge on any atom is -0.371 e. The van der Waals surface area contributed by atoms with Crippen LogP contribution in [0, 0.1) is 5.82 Å². The van der Waals surface area contributed by atoms with Crippen LogP contribution in [-0.4, -0.2) is 19.4 Å². The van der Waals surface area contributed by atoms with Gasteiger partial charge in [-0.3, -0.25) is 4.79 Å². The zero-order valence-corrected chi connectivity index (χ0v) is 7.87. The van der Waals surface area contributed by atoms with Crippen LogP contribution in [0.1, 0.15) is 23.2 Å². The summed E-state index contributed by atoms with van der Waals surface area (Å²) in [6.07, 6.45) is 2.87. The number of hydrogen-bond donors (Lipinski definition) is 0. The fourth-order valence-corrected chi connectivity index (χ4v) is 1.78. The van der Waals surface area contributed by atoms with E-state index in [2.05, 4.69) is 4.90 Å². The molecular formula is C11H12FNO. The number of aldehydes is 1. The van der Waals surface area contributed by atoms with Crippen molar-refractivity contribution >= 4 is 12.0 Å². The number of carbonyl (C=O) groups is 1. The van der Waals surface area contributed by atoms with Crippen LogP contribution in [0.2, 0.25) is 0 Å². The van der Waals surface area contributed by atoms with Crippen LogP contribution in [0.3, 0.4) is 0 Å². The molecule has 3 heteroatoms. The third-order valence-electron chi connectivity index (χ3n) is 2.58. The summed E-state index contributed by atoms with van der Waals surface area (Å²) >= 11 is 0. The lowest BCUT2D eigenvalue weighted by atomic mass is 10.2. The van der Waals surface area contributed by atoms with Crippen molar-refractivity contribution in [2.24, 2.45) is 0 Å². The predicted molar refractivity (Wildman–Crippen MR) is 53.2 cm³/mol. The molecule has 1 aromatic rings. The van der Waals surface area contributed by atoms with E-state index in [9.17, 15) is 9.18 Å². The number of anilines is 1. The molecule has 2 rings (SSSR count). The van der Waals surface area contributed by atoms with E-state index >= 15 is 0 Å². The highest BCUT2D eigenvalue weighted by Crippen LogP contribution is 2.21. The van der Waals surface area contributed by atoms with Crippen LogP contribution >= 0.6 is 0 Å². The van der Waals surface area contributed by atoms with Crippen LogP contribution in [0.25, 0.3) is 0 Å². The van der Waals surface area contributed by atoms with Crippen LogP contribution in [0.5, 0.6) is 0 Å². The van der Waals surface area contributed by atoms with Gasteiger partial charge in [0.05, 0.1) is 5.56 Å². The van der Waals surface area contributed by atoms with Gasteiger partial charge in [-0.15, -0.1) is 0 Å². The second kappa shape index (κ2) is 3.78. The highest BCUT2D eigenvalue weighted by atomic mass is 19.1. The van der Waals surface area contributed by atoms with E-state index in [1.807, 2.05) is 0 Å². The van der Waals surface area contributed by atoms with Gasteiger partial charge in [-0.25, -0.2) is 4.39 Å². The van der Waals surface area contributed by atoms with Crippen molar-refractivity contribution in [1.29, 1.82) is 0 Å². The van der Waals surface area contributed by atoms with Crippen molar-refractivity contribution in [3.8, 4) is 0 Å². The van der Waals surface area contributed by atoms with Gasteiger partial charge in [-0.05, 0) is 31.0 Å². The Labute approximate surface area is 82.3 Å². The molecule has 0 aliphatic carbocycles. The number of halogens is 1. The van der Waals surface area contributed by atoms with Crippen LogP contribution < -0.4 is 4.90 Å². The largest absolute Gasteiger partial charge is 0.371 e. The minimum absolute atomic E-state index is 0.132. The van der Waals surface area contributed by atoms with Gasteiger partial charge in [0.1, 0.15) is 5.82 Å². The van der Waals surface area contributed by atoms with Gasteiger partial charge >= 0.3 is 0 Å². The van der Waals surface area contributed by atoms with Crippen molar-refractivity contribution < 1.29 is 9.18 Å². The summed E-state index contributed by atoms with van der Waals surface area (Å²) in [5, 5.41) is 0. The summed E-state index contributed by atoms with van der Waals surface area (Å²) in [7, 11) is 0. The predicted octanol–water partition coefficient (Wildman–Crippen LogP) is 2.24. The van der Waals surface area contributed by atoms with Gasteiger partial charge in [-0.2, -0.15) is 0 Å². The lowest BCUT2D eigenvalue weighted by Gasteiger charge is -2.17. The molecular weight excluding hydrogens is 181 g/mol. The molecule has 1 aliphatic heterocycles. The van der Waals surface area contributed by atoms with E-state index in [1.165, 1.54) is 12.1 Å². The van der Waals surface area contributed by atoms with Crippen molar-refractivity contribution in [2.75, 3.05) is 18.0 Å². The fraction of sp³-hybridized carbons (Fsp3) is 0.364. The van der Waals surface area contributed by atoms with Gasteiger partial charge in [-0.1, -0.05) is 0 Å². The topological polar surface area (TPSA) is 20.3 Å². The lowest BCUT2D eigenvalue weighted by Crippen LogP contribution is -2.17. The van der Waals surface area contributed by atoms with Gasteiger partial charge in [0, 0.05) is 18.8 Å². The van der Waals surface area contributed by atoms with E-state index < -0.39 is 5.82 Å². The Bertz CT molecular complexity index is 345. The lowest BCUT2D eigenvalue weighted by molar-refractivity contribution is 0.112. The van der Waals surface area contributed by atoms with Crippen LogP contribution in [0.4, 0.5) is 10.1 Å². The third kappa shape index (κ3) is 1.62. The second-order valence-corrected chi connectivity index (χ2v) is 3.52. The SMILES string of the molecule is O=Cc1ccc(N2CCCC2)cc1F. The molecule has 1 saturated heterocycles. The van der Waals surface area contributed by atoms with Crippen molar-refractivity contribution in [3.63, 3.8) is 0 Å². The molecule has 0 N–H and O–H groups in total. The quantitative estimate of drug-likeness (QED) is 0.671. The van der Waals surface area contributed by atoms with E-state index in [0.29, 0.717) is 6.29 Å². The van der Waals surface area contributed by atoms with E-state index in [4.69, 9.17) is 0 Å². The maximum absolute atomic E-state index is 13.2. The monoisotopic (exact) mass is 193 g/mol. The van der Waals surface area contributed by atoms with E-state index in [-0.39, 0.29) is 5.56 Å². The average Bonchev–Trinajstić information content (AvgIpc) is 2.70. The van der Waals surface area contributed by atoms with Gasteiger partial charge in [0.25, 0.3) is 0 Å². The molecule has 0 aromatic heterocycles. The molecule has 1 heterocycles. The number of benzene rings is 1. The Morgan fingerprint density at radius 2 is 2.00 bits per heavy atom. The summed E-state index contributed by atoms with van der Waals surface area (Å²) in [6, 6.07) is 4.78. The first-order chi connectivity index (χ1) is 6.81. The molecule has 14 heavy (non-hydrogen) atoms. The van der Waals surface area contributed by atoms with Crippen LogP contribution in [0.15, 0.2) is 18.2 Å². The number of rotatable bonds is 2. The highest BCUT2D eigenvalue weighted by molar-refractivity contribution is 5.76. The number of carbonyl (C=O) groups excluding carboxylic acids is 1. The molecule has 1 fully saturated rings. The fourth-order valence-electron chi connectivity index (χ4n) is 1.78. The number of hydrogen-bond acceptors (Lipinski definition) is 2. The molecule has 1 aromatic carbocycles. The van der Waals surface area contributed by atoms with Crippen molar-refractivity contribution in [3.05, 3.63) is 29.6 Å². The second-order valence-electron chi connectivity index (χ2n) is 3.52. The highest BCUT2D eigenvalue weighted by Gasteiger charge is 2.13. The normalized spacial score (nSPS) is 15.9. The van der Waals surface area contributed by atoms with E-state index in [0.717, 1.165) is 31.6 Å². The number of nitrogens with zero attached hydrogens (tertiary/aromatic N) is 1. The average molecular weight is 193 g/mol. The molecule has 1 aliphatic rings. The zero-order valence-electron chi connectivity index (χ0n) is 7.87. The van der Waals surface area contributed by atoms with Gasteiger partial charge in [0.2, 0.25) is 0 Å². The molecule has 2 nitrogen and oxygen atoms in total. The molecule has 0 radical (unpaired) electrons. The molecule has 0 unspecified atom stereocenters. The molecule has 74 valence electrons. The first-order valence-corrected chi connectivity index (χ1v) is 4.81. The summed E-state index contributed by atoms with van der Waals surface area (Å²) < 4.78 is 13.2. The third-order valence-corrected chi connectivity index (χ3v) is 2.58. The summed E-state index contributed by atoms with van der Waals surface area (Å²) in [5.41, 5.74) is 1.01. The zero-order chi connectivity index (χ0) is 9.97. The Kier molecular flexibility index (Phi) is 2.48. The molecule has 0 saturated carbocycles. The Morgan fingerprint density at radius 1 is 1.29 bits per heavy atom. The summed E-state index contributed by atoms with van der Waals surface area (Å²) in [6.45, 7) is 1.97. The van der Waals surface area contributed by atoms with E-state index in [1.54, 1.807) is 6.07 Å². The van der Waals surface area contributed by atoms with Crippen molar-refractivity contribution in [1.82, 2.24) is 0 Å². The Hall–Kier alpha value is -1.38. The molecule has 0 bridgehead atoms. The summed E-state index contributed by atoms with van der Waals surface area (Å²) in [4.78, 5) is 12.5. The van der Waals surface area contributed by atoms with Gasteiger partial charge in [0.15, 0.2) is 6.29 Å². The smallest absolute Gasteiger partial charge is 0.152 e. The maximum atomic E-state index is 13.2. The minimum atomic E-state index is -0.426. The molecule has 0 spiro atoms. The first-order valence-electron chi connectivity index (χ1n) is 4.81. The first kappa shape index (κ1) is 9.19. The Morgan fingerprint density at radius 3 is 2.57 bits per heavy atom. The standard InChI is InChI=1S/C11H12FNO/c12-11-7-10(4-3-9(11)8-14)13-5-1-2-6-13/h3-4,7-8H,1-2,5-6H2.